The summed E-state index contributed by atoms with van der Waals surface area (Å²) in [5.74, 6) is 0.615. The Morgan fingerprint density at radius 3 is 2.17 bits per heavy atom. The second-order valence-corrected chi connectivity index (χ2v) is 15.3. The summed E-state index contributed by atoms with van der Waals surface area (Å²) in [5, 5.41) is 0. The van der Waals surface area contributed by atoms with Crippen molar-refractivity contribution in [3.8, 4) is 44.8 Å². The number of aromatic nitrogens is 1. The third-order valence-corrected chi connectivity index (χ3v) is 11.6. The molecule has 262 valence electrons. The summed E-state index contributed by atoms with van der Waals surface area (Å²) < 4.78 is 6.29. The zero-order valence-electron chi connectivity index (χ0n) is 30.9. The molecule has 4 heteroatoms. The average Bonchev–Trinajstić information content (AvgIpc) is 3.75. The highest BCUT2D eigenvalue weighted by Crippen LogP contribution is 2.55. The summed E-state index contributed by atoms with van der Waals surface area (Å²) in [6.07, 6.45) is 1.06. The number of benzene rings is 7. The molecule has 0 bridgehead atoms. The molecule has 0 saturated heterocycles. The quantitative estimate of drug-likeness (QED) is 0.173. The monoisotopic (exact) mass is 699 g/mol. The first-order valence-corrected chi connectivity index (χ1v) is 18.9. The van der Waals surface area contributed by atoms with Gasteiger partial charge in [-0.2, -0.15) is 0 Å². The number of hydrogen-bond donors (Lipinski definition) is 0. The smallest absolute Gasteiger partial charge is 0.227 e. The number of fused-ring (bicyclic) bond motifs is 5. The topological polar surface area (TPSA) is 32.5 Å². The molecule has 0 radical (unpaired) electrons. The van der Waals surface area contributed by atoms with Crippen molar-refractivity contribution in [1.82, 2.24) is 9.88 Å². The van der Waals surface area contributed by atoms with Gasteiger partial charge in [-0.3, -0.25) is 0 Å². The molecular weight excluding hydrogens is 659 g/mol. The van der Waals surface area contributed by atoms with Crippen molar-refractivity contribution in [3.05, 3.63) is 180 Å². The Bertz CT molecular complexity index is 2660. The van der Waals surface area contributed by atoms with E-state index in [1.807, 2.05) is 24.3 Å². The molecule has 1 aliphatic heterocycles. The predicted octanol–water partition coefficient (Wildman–Crippen LogP) is 12.6. The van der Waals surface area contributed by atoms with Crippen molar-refractivity contribution >= 4 is 28.2 Å². The van der Waals surface area contributed by atoms with Gasteiger partial charge in [0.25, 0.3) is 0 Å². The van der Waals surface area contributed by atoms with Crippen molar-refractivity contribution in [3.63, 3.8) is 0 Å². The van der Waals surface area contributed by atoms with E-state index in [4.69, 9.17) is 9.40 Å². The lowest BCUT2D eigenvalue weighted by Gasteiger charge is -2.31. The van der Waals surface area contributed by atoms with Crippen molar-refractivity contribution in [2.24, 2.45) is 0 Å². The Balaban J connectivity index is 1.21. The minimum atomic E-state index is -0.189. The Kier molecular flexibility index (Phi) is 7.64. The van der Waals surface area contributed by atoms with Crippen LogP contribution in [-0.4, -0.2) is 23.5 Å². The Hall–Kier alpha value is -6.23. The van der Waals surface area contributed by atoms with Crippen molar-refractivity contribution < 1.29 is 4.42 Å². The van der Waals surface area contributed by atoms with Crippen LogP contribution in [0.4, 0.5) is 17.1 Å². The molecule has 0 N–H and O–H groups in total. The Morgan fingerprint density at radius 2 is 1.31 bits per heavy atom. The highest BCUT2D eigenvalue weighted by atomic mass is 16.3. The first kappa shape index (κ1) is 32.4. The lowest BCUT2D eigenvalue weighted by molar-refractivity contribution is 0.313. The lowest BCUT2D eigenvalue weighted by atomic mass is 9.81. The number of hydrogen-bond acceptors (Lipinski definition) is 4. The fraction of sp³-hybridized carbons (Fsp3) is 0.140. The fourth-order valence-corrected chi connectivity index (χ4v) is 8.77. The summed E-state index contributed by atoms with van der Waals surface area (Å²) in [7, 11) is 2.24. The van der Waals surface area contributed by atoms with Gasteiger partial charge in [0.15, 0.2) is 5.58 Å². The van der Waals surface area contributed by atoms with E-state index in [-0.39, 0.29) is 5.41 Å². The summed E-state index contributed by atoms with van der Waals surface area (Å²) in [4.78, 5) is 9.73. The molecule has 8 aromatic rings. The van der Waals surface area contributed by atoms with Gasteiger partial charge in [0.1, 0.15) is 5.52 Å². The van der Waals surface area contributed by atoms with Gasteiger partial charge >= 0.3 is 0 Å². The molecule has 2 heterocycles. The molecule has 0 saturated carbocycles. The molecular formula is C50H41N3O. The molecule has 0 spiro atoms. The molecule has 7 aromatic carbocycles. The molecule has 4 nitrogen and oxygen atoms in total. The highest BCUT2D eigenvalue weighted by molar-refractivity contribution is 5.97. The van der Waals surface area contributed by atoms with Gasteiger partial charge in [0.05, 0.1) is 0 Å². The van der Waals surface area contributed by atoms with Crippen LogP contribution in [-0.2, 0) is 18.4 Å². The fourth-order valence-electron chi connectivity index (χ4n) is 8.77. The highest BCUT2D eigenvalue weighted by Gasteiger charge is 2.38. The van der Waals surface area contributed by atoms with Crippen LogP contribution in [0.3, 0.4) is 0 Å². The van der Waals surface area contributed by atoms with Gasteiger partial charge < -0.3 is 14.2 Å². The summed E-state index contributed by atoms with van der Waals surface area (Å²) in [6, 6.07) is 57.0. The molecule has 54 heavy (non-hydrogen) atoms. The summed E-state index contributed by atoms with van der Waals surface area (Å²) in [6.45, 7) is 6.78. The molecule has 2 aliphatic rings. The lowest BCUT2D eigenvalue weighted by Crippen LogP contribution is -2.27. The third kappa shape index (κ3) is 5.36. The Labute approximate surface area is 317 Å². The number of para-hydroxylation sites is 2. The summed E-state index contributed by atoms with van der Waals surface area (Å²) in [5.41, 5.74) is 18.9. The number of oxazole rings is 1. The van der Waals surface area contributed by atoms with Crippen LogP contribution in [0.15, 0.2) is 162 Å². The van der Waals surface area contributed by atoms with Gasteiger partial charge in [-0.05, 0) is 124 Å². The zero-order valence-corrected chi connectivity index (χ0v) is 30.9. The van der Waals surface area contributed by atoms with Crippen LogP contribution < -0.4 is 4.90 Å². The maximum Gasteiger partial charge on any atom is 0.227 e. The van der Waals surface area contributed by atoms with E-state index in [0.717, 1.165) is 53.2 Å². The van der Waals surface area contributed by atoms with Crippen molar-refractivity contribution in [2.75, 3.05) is 18.5 Å². The van der Waals surface area contributed by atoms with Crippen LogP contribution in [0.25, 0.3) is 55.9 Å². The first-order valence-electron chi connectivity index (χ1n) is 18.9. The largest absolute Gasteiger partial charge is 0.436 e. The SMILES string of the molecule is CN1CCc2cccc(-c3cc(N(c4ccc(-c5ccccc5)cc4)c4cccc(-c5nc6ccccc6o5)c4)cc4c3-c3ccccc3C4(C)C)c2C1. The van der Waals surface area contributed by atoms with Gasteiger partial charge in [0, 0.05) is 41.1 Å². The van der Waals surface area contributed by atoms with E-state index < -0.39 is 0 Å². The Morgan fingerprint density at radius 1 is 0.593 bits per heavy atom. The van der Waals surface area contributed by atoms with E-state index in [0.29, 0.717) is 5.89 Å². The predicted molar refractivity (Wildman–Crippen MR) is 223 cm³/mol. The number of nitrogens with zero attached hydrogens (tertiary/aromatic N) is 3. The second-order valence-electron chi connectivity index (χ2n) is 15.3. The van der Waals surface area contributed by atoms with Crippen molar-refractivity contribution in [1.29, 1.82) is 0 Å². The van der Waals surface area contributed by atoms with Gasteiger partial charge in [-0.15, -0.1) is 0 Å². The molecule has 0 amide bonds. The molecule has 1 aliphatic carbocycles. The van der Waals surface area contributed by atoms with E-state index in [1.54, 1.807) is 0 Å². The van der Waals surface area contributed by atoms with Crippen LogP contribution in [0, 0.1) is 0 Å². The van der Waals surface area contributed by atoms with Crippen LogP contribution in [0.2, 0.25) is 0 Å². The second kappa shape index (κ2) is 12.7. The van der Waals surface area contributed by atoms with Crippen LogP contribution >= 0.6 is 0 Å². The average molecular weight is 700 g/mol. The van der Waals surface area contributed by atoms with Gasteiger partial charge in [0.2, 0.25) is 5.89 Å². The molecule has 0 unspecified atom stereocenters. The van der Waals surface area contributed by atoms with Crippen LogP contribution in [0.5, 0.6) is 0 Å². The van der Waals surface area contributed by atoms with Crippen LogP contribution in [0.1, 0.15) is 36.1 Å². The molecule has 10 rings (SSSR count). The number of anilines is 3. The number of likely N-dealkylation sites (N-methyl/N-ethyl adjacent to an activating group) is 1. The van der Waals surface area contributed by atoms with E-state index in [2.05, 4.69) is 164 Å². The van der Waals surface area contributed by atoms with E-state index >= 15 is 0 Å². The zero-order chi connectivity index (χ0) is 36.4. The number of rotatable bonds is 6. The normalized spacial score (nSPS) is 14.4. The van der Waals surface area contributed by atoms with E-state index in [9.17, 15) is 0 Å². The molecule has 0 fully saturated rings. The van der Waals surface area contributed by atoms with Gasteiger partial charge in [-0.25, -0.2) is 4.98 Å². The molecule has 1 aromatic heterocycles. The maximum absolute atomic E-state index is 6.29. The summed E-state index contributed by atoms with van der Waals surface area (Å²) >= 11 is 0. The van der Waals surface area contributed by atoms with E-state index in [1.165, 1.54) is 55.6 Å². The minimum absolute atomic E-state index is 0.189. The first-order chi connectivity index (χ1) is 26.4. The standard InChI is InChI=1S/C50H41N3O/c1-50(2)44-20-8-7-18-41(44)48-42(40-19-12-15-35-27-28-52(3)32-43(35)40)30-39(31-45(48)50)53(37-25-23-34(24-26-37)33-13-5-4-6-14-33)38-17-11-16-36(29-38)49-51-46-21-9-10-22-47(46)54-49/h4-26,29-31H,27-28,32H2,1-3H3. The maximum atomic E-state index is 6.29. The van der Waals surface area contributed by atoms with Crippen molar-refractivity contribution in [2.45, 2.75) is 32.2 Å². The molecule has 0 atom stereocenters. The minimum Gasteiger partial charge on any atom is -0.436 e. The third-order valence-electron chi connectivity index (χ3n) is 11.6. The van der Waals surface area contributed by atoms with Gasteiger partial charge in [-0.1, -0.05) is 117 Å².